The number of carbonyl (C=O) groups is 1. The van der Waals surface area contributed by atoms with Crippen LogP contribution in [0.2, 0.25) is 0 Å². The summed E-state index contributed by atoms with van der Waals surface area (Å²) in [4.78, 5) is 17.2. The molecule has 3 rings (SSSR count). The van der Waals surface area contributed by atoms with Gasteiger partial charge < -0.3 is 9.30 Å². The van der Waals surface area contributed by atoms with Gasteiger partial charge in [0.05, 0.1) is 5.52 Å². The Morgan fingerprint density at radius 2 is 2.12 bits per heavy atom. The van der Waals surface area contributed by atoms with Crippen LogP contribution in [0.5, 0.6) is 0 Å². The molecule has 0 saturated carbocycles. The van der Waals surface area contributed by atoms with Gasteiger partial charge in [-0.25, -0.2) is 4.98 Å². The second-order valence-corrected chi connectivity index (χ2v) is 4.12. The summed E-state index contributed by atoms with van der Waals surface area (Å²) in [6.07, 6.45) is 6.95. The zero-order valence-electron chi connectivity index (χ0n) is 8.97. The molecule has 82 valence electrons. The van der Waals surface area contributed by atoms with Gasteiger partial charge in [-0.15, -0.1) is 0 Å². The average molecular weight is 215 g/mol. The maximum atomic E-state index is 10.8. The third-order valence-corrected chi connectivity index (χ3v) is 3.14. The van der Waals surface area contributed by atoms with E-state index in [1.165, 1.54) is 18.5 Å². The van der Waals surface area contributed by atoms with E-state index in [0.717, 1.165) is 24.9 Å². The molecule has 0 aliphatic carbocycles. The Balaban J connectivity index is 2.09. The molecule has 0 atom stereocenters. The van der Waals surface area contributed by atoms with Crippen LogP contribution in [0.25, 0.3) is 5.52 Å². The van der Waals surface area contributed by atoms with Crippen LogP contribution < -0.4 is 4.90 Å². The summed E-state index contributed by atoms with van der Waals surface area (Å²) in [5.41, 5.74) is 2.59. The molecule has 0 bridgehead atoms. The molecular formula is C12H13N3O. The van der Waals surface area contributed by atoms with Crippen molar-refractivity contribution < 1.29 is 4.79 Å². The van der Waals surface area contributed by atoms with Gasteiger partial charge in [0.25, 0.3) is 0 Å². The van der Waals surface area contributed by atoms with Gasteiger partial charge in [-0.05, 0) is 25.0 Å². The van der Waals surface area contributed by atoms with Gasteiger partial charge in [0.15, 0.2) is 6.29 Å². The lowest BCUT2D eigenvalue weighted by molar-refractivity contribution is 0.112. The van der Waals surface area contributed by atoms with Crippen molar-refractivity contribution in [2.75, 3.05) is 18.0 Å². The second-order valence-electron chi connectivity index (χ2n) is 4.12. The smallest absolute Gasteiger partial charge is 0.170 e. The van der Waals surface area contributed by atoms with E-state index in [0.29, 0.717) is 5.69 Å². The van der Waals surface area contributed by atoms with Crippen molar-refractivity contribution in [2.45, 2.75) is 12.8 Å². The molecule has 1 aliphatic heterocycles. The highest BCUT2D eigenvalue weighted by Crippen LogP contribution is 2.22. The summed E-state index contributed by atoms with van der Waals surface area (Å²) >= 11 is 0. The van der Waals surface area contributed by atoms with Crippen molar-refractivity contribution in [3.05, 3.63) is 30.4 Å². The molecule has 2 aromatic heterocycles. The van der Waals surface area contributed by atoms with Crippen LogP contribution in [0.4, 0.5) is 5.69 Å². The molecule has 4 heteroatoms. The van der Waals surface area contributed by atoms with Gasteiger partial charge in [-0.3, -0.25) is 4.79 Å². The lowest BCUT2D eigenvalue weighted by atomic mass is 10.3. The number of anilines is 1. The Bertz CT molecular complexity index is 526. The molecule has 1 saturated heterocycles. The van der Waals surface area contributed by atoms with Crippen LogP contribution in [-0.2, 0) is 0 Å². The highest BCUT2D eigenvalue weighted by atomic mass is 16.1. The molecule has 0 aromatic carbocycles. The van der Waals surface area contributed by atoms with Crippen molar-refractivity contribution in [2.24, 2.45) is 0 Å². The summed E-state index contributed by atoms with van der Waals surface area (Å²) in [5.74, 6) is 0. The summed E-state index contributed by atoms with van der Waals surface area (Å²) in [6, 6.07) is 4.12. The number of hydrogen-bond donors (Lipinski definition) is 0. The van der Waals surface area contributed by atoms with Crippen LogP contribution in [0.3, 0.4) is 0 Å². The van der Waals surface area contributed by atoms with E-state index in [1.54, 1.807) is 6.33 Å². The number of imidazole rings is 1. The van der Waals surface area contributed by atoms with Crippen LogP contribution in [0.1, 0.15) is 23.3 Å². The third-order valence-electron chi connectivity index (χ3n) is 3.14. The fourth-order valence-electron chi connectivity index (χ4n) is 2.26. The highest BCUT2D eigenvalue weighted by molar-refractivity contribution is 5.84. The normalized spacial score (nSPS) is 15.9. The maximum Gasteiger partial charge on any atom is 0.170 e. The number of aromatic nitrogens is 2. The monoisotopic (exact) mass is 215 g/mol. The van der Waals surface area contributed by atoms with Gasteiger partial charge in [0, 0.05) is 25.0 Å². The molecule has 0 spiro atoms. The topological polar surface area (TPSA) is 37.6 Å². The molecule has 1 aliphatic rings. The van der Waals surface area contributed by atoms with Gasteiger partial charge in [-0.1, -0.05) is 0 Å². The second kappa shape index (κ2) is 3.63. The summed E-state index contributed by atoms with van der Waals surface area (Å²) in [7, 11) is 0. The molecule has 0 N–H and O–H groups in total. The summed E-state index contributed by atoms with van der Waals surface area (Å²) in [6.45, 7) is 2.22. The summed E-state index contributed by atoms with van der Waals surface area (Å²) in [5, 5.41) is 0. The molecule has 0 radical (unpaired) electrons. The fourth-order valence-corrected chi connectivity index (χ4v) is 2.26. The van der Waals surface area contributed by atoms with Crippen LogP contribution in [0, 0.1) is 0 Å². The zero-order valence-corrected chi connectivity index (χ0v) is 8.97. The van der Waals surface area contributed by atoms with Crippen molar-refractivity contribution in [1.82, 2.24) is 9.38 Å². The standard InChI is InChI=1S/C12H13N3O/c16-8-11-12-7-10(14-4-1-2-5-14)3-6-15(12)9-13-11/h3,6-9H,1-2,4-5H2. The number of carbonyl (C=O) groups excluding carboxylic acids is 1. The maximum absolute atomic E-state index is 10.8. The first-order chi connectivity index (χ1) is 7.88. The first-order valence-electron chi connectivity index (χ1n) is 5.55. The first kappa shape index (κ1) is 9.39. The van der Waals surface area contributed by atoms with E-state index in [1.807, 2.05) is 16.7 Å². The SMILES string of the molecule is O=Cc1ncn2ccc(N3CCCC3)cc12. The number of fused-ring (bicyclic) bond motifs is 1. The number of aldehydes is 1. The number of rotatable bonds is 2. The highest BCUT2D eigenvalue weighted by Gasteiger charge is 2.13. The molecule has 1 fully saturated rings. The van der Waals surface area contributed by atoms with E-state index in [9.17, 15) is 4.79 Å². The quantitative estimate of drug-likeness (QED) is 0.716. The Morgan fingerprint density at radius 1 is 1.31 bits per heavy atom. The molecule has 0 unspecified atom stereocenters. The molecule has 3 heterocycles. The van der Waals surface area contributed by atoms with Gasteiger partial charge in [-0.2, -0.15) is 0 Å². The Kier molecular flexibility index (Phi) is 2.13. The van der Waals surface area contributed by atoms with Gasteiger partial charge >= 0.3 is 0 Å². The predicted octanol–water partition coefficient (Wildman–Crippen LogP) is 1.75. The van der Waals surface area contributed by atoms with Gasteiger partial charge in [0.1, 0.15) is 12.0 Å². The molecule has 0 amide bonds. The third kappa shape index (κ3) is 1.38. The number of hydrogen-bond acceptors (Lipinski definition) is 3. The van der Waals surface area contributed by atoms with Crippen LogP contribution in [-0.4, -0.2) is 28.8 Å². The van der Waals surface area contributed by atoms with Crippen LogP contribution >= 0.6 is 0 Å². The minimum Gasteiger partial charge on any atom is -0.371 e. The van der Waals surface area contributed by atoms with Crippen molar-refractivity contribution >= 4 is 17.5 Å². The predicted molar refractivity (Wildman–Crippen MR) is 62.0 cm³/mol. The largest absolute Gasteiger partial charge is 0.371 e. The number of pyridine rings is 1. The summed E-state index contributed by atoms with van der Waals surface area (Å²) < 4.78 is 1.88. The minimum absolute atomic E-state index is 0.515. The van der Waals surface area contributed by atoms with Crippen molar-refractivity contribution in [3.8, 4) is 0 Å². The van der Waals surface area contributed by atoms with E-state index in [4.69, 9.17) is 0 Å². The van der Waals surface area contributed by atoms with E-state index < -0.39 is 0 Å². The molecule has 2 aromatic rings. The Labute approximate surface area is 93.5 Å². The zero-order chi connectivity index (χ0) is 11.0. The number of nitrogens with zero attached hydrogens (tertiary/aromatic N) is 3. The average Bonchev–Trinajstić information content (AvgIpc) is 2.97. The van der Waals surface area contributed by atoms with E-state index >= 15 is 0 Å². The lowest BCUT2D eigenvalue weighted by Gasteiger charge is -2.17. The minimum atomic E-state index is 0.515. The Hall–Kier alpha value is -1.84. The Morgan fingerprint density at radius 3 is 2.88 bits per heavy atom. The fraction of sp³-hybridized carbons (Fsp3) is 0.333. The van der Waals surface area contributed by atoms with Gasteiger partial charge in [0.2, 0.25) is 0 Å². The first-order valence-corrected chi connectivity index (χ1v) is 5.55. The van der Waals surface area contributed by atoms with E-state index in [2.05, 4.69) is 16.0 Å². The lowest BCUT2D eigenvalue weighted by Crippen LogP contribution is -2.17. The van der Waals surface area contributed by atoms with Crippen molar-refractivity contribution in [1.29, 1.82) is 0 Å². The van der Waals surface area contributed by atoms with Crippen molar-refractivity contribution in [3.63, 3.8) is 0 Å². The van der Waals surface area contributed by atoms with Crippen LogP contribution in [0.15, 0.2) is 24.7 Å². The molecular weight excluding hydrogens is 202 g/mol. The molecule has 16 heavy (non-hydrogen) atoms. The molecule has 4 nitrogen and oxygen atoms in total. The van der Waals surface area contributed by atoms with E-state index in [-0.39, 0.29) is 0 Å².